The Hall–Kier alpha value is -4.55. The average molecular weight is 455 g/mol. The first-order valence-corrected chi connectivity index (χ1v) is 9.42. The maximum atomic E-state index is 12.9. The van der Waals surface area contributed by atoms with E-state index in [0.717, 1.165) is 0 Å². The number of amides is 1. The Morgan fingerprint density at radius 3 is 2.45 bits per heavy atom. The highest BCUT2D eigenvalue weighted by atomic mass is 19.4. The van der Waals surface area contributed by atoms with Crippen molar-refractivity contribution in [2.75, 3.05) is 5.32 Å². The number of halogens is 3. The van der Waals surface area contributed by atoms with Crippen LogP contribution in [-0.4, -0.2) is 41.7 Å². The predicted molar refractivity (Wildman–Crippen MR) is 112 cm³/mol. The Morgan fingerprint density at radius 2 is 1.82 bits per heavy atom. The van der Waals surface area contributed by atoms with Crippen molar-refractivity contribution < 1.29 is 18.0 Å². The Balaban J connectivity index is 1.55. The number of hydrogen-bond donors (Lipinski definition) is 3. The highest BCUT2D eigenvalue weighted by Gasteiger charge is 2.34. The van der Waals surface area contributed by atoms with Crippen molar-refractivity contribution in [3.05, 3.63) is 71.5 Å². The van der Waals surface area contributed by atoms with Gasteiger partial charge in [-0.3, -0.25) is 10.2 Å². The number of tetrazole rings is 1. The lowest BCUT2D eigenvalue weighted by atomic mass is 10.2. The van der Waals surface area contributed by atoms with Gasteiger partial charge in [-0.25, -0.2) is 4.68 Å². The number of aryl methyl sites for hydroxylation is 1. The average Bonchev–Trinajstić information content (AvgIpc) is 3.41. The number of amidine groups is 1. The van der Waals surface area contributed by atoms with Gasteiger partial charge in [0.2, 0.25) is 5.82 Å². The molecule has 4 rings (SSSR count). The van der Waals surface area contributed by atoms with Gasteiger partial charge in [-0.1, -0.05) is 16.9 Å². The minimum absolute atomic E-state index is 0.114. The molecule has 10 nitrogen and oxygen atoms in total. The summed E-state index contributed by atoms with van der Waals surface area (Å²) in [5.41, 5.74) is 8.12. The molecule has 0 unspecified atom stereocenters. The van der Waals surface area contributed by atoms with E-state index < -0.39 is 17.0 Å². The second-order valence-electron chi connectivity index (χ2n) is 6.95. The third kappa shape index (κ3) is 4.56. The van der Waals surface area contributed by atoms with Gasteiger partial charge in [0.25, 0.3) is 5.91 Å². The van der Waals surface area contributed by atoms with E-state index in [1.54, 1.807) is 37.3 Å². The van der Waals surface area contributed by atoms with Crippen molar-refractivity contribution in [2.45, 2.75) is 13.2 Å². The first-order chi connectivity index (χ1) is 15.6. The van der Waals surface area contributed by atoms with Crippen LogP contribution in [0.1, 0.15) is 21.7 Å². The standard InChI is InChI=1S/C20H16F3N9O/c1-11-9-16(31(28-11)15-4-2-3-13(10-15)17(24)25)19(33)26-14-7-5-12(6-8-14)18-27-30-32(29-18)20(21,22)23/h2-10H,1H3,(H3,24,25)(H,26,33). The van der Waals surface area contributed by atoms with E-state index in [-0.39, 0.29) is 17.4 Å². The molecule has 0 aliphatic rings. The molecule has 0 atom stereocenters. The zero-order valence-electron chi connectivity index (χ0n) is 17.0. The third-order valence-electron chi connectivity index (χ3n) is 4.51. The van der Waals surface area contributed by atoms with Crippen molar-refractivity contribution in [3.63, 3.8) is 0 Å². The molecule has 0 radical (unpaired) electrons. The maximum absolute atomic E-state index is 12.9. The zero-order valence-corrected chi connectivity index (χ0v) is 17.0. The number of nitrogens with zero attached hydrogens (tertiary/aromatic N) is 6. The molecule has 4 aromatic rings. The maximum Gasteiger partial charge on any atom is 0.522 e. The van der Waals surface area contributed by atoms with E-state index >= 15 is 0 Å². The summed E-state index contributed by atoms with van der Waals surface area (Å²) < 4.78 is 39.3. The minimum Gasteiger partial charge on any atom is -0.384 e. The third-order valence-corrected chi connectivity index (χ3v) is 4.51. The summed E-state index contributed by atoms with van der Waals surface area (Å²) in [5, 5.41) is 24.3. The number of rotatable bonds is 5. The van der Waals surface area contributed by atoms with Gasteiger partial charge in [-0.2, -0.15) is 5.10 Å². The van der Waals surface area contributed by atoms with Gasteiger partial charge in [0, 0.05) is 16.8 Å². The second-order valence-corrected chi connectivity index (χ2v) is 6.95. The number of carbonyl (C=O) groups excluding carboxylic acids is 1. The van der Waals surface area contributed by atoms with E-state index in [1.807, 2.05) is 0 Å². The SMILES string of the molecule is Cc1cc(C(=O)Nc2ccc(-c3nnn(C(F)(F)F)n3)cc2)n(-c2cccc(C(=N)N)c2)n1. The fourth-order valence-electron chi connectivity index (χ4n) is 3.00. The van der Waals surface area contributed by atoms with Crippen molar-refractivity contribution in [2.24, 2.45) is 5.73 Å². The van der Waals surface area contributed by atoms with Gasteiger partial charge in [0.05, 0.1) is 11.4 Å². The predicted octanol–water partition coefficient (Wildman–Crippen LogP) is 2.85. The van der Waals surface area contributed by atoms with E-state index in [1.165, 1.54) is 28.9 Å². The summed E-state index contributed by atoms with van der Waals surface area (Å²) in [6.45, 7) is 1.73. The molecular weight excluding hydrogens is 439 g/mol. The van der Waals surface area contributed by atoms with E-state index in [4.69, 9.17) is 11.1 Å². The number of hydrogen-bond acceptors (Lipinski definition) is 6. The molecule has 1 amide bonds. The highest BCUT2D eigenvalue weighted by molar-refractivity contribution is 6.03. The lowest BCUT2D eigenvalue weighted by molar-refractivity contribution is -0.222. The number of aromatic nitrogens is 6. The Labute approximate surface area is 184 Å². The molecule has 2 heterocycles. The molecule has 0 aliphatic heterocycles. The molecule has 0 spiro atoms. The van der Waals surface area contributed by atoms with Crippen LogP contribution in [0, 0.1) is 12.3 Å². The molecular formula is C20H16F3N9O. The van der Waals surface area contributed by atoms with Crippen molar-refractivity contribution >= 4 is 17.4 Å². The van der Waals surface area contributed by atoms with Crippen LogP contribution in [0.2, 0.25) is 0 Å². The van der Waals surface area contributed by atoms with Crippen LogP contribution in [-0.2, 0) is 6.30 Å². The zero-order chi connectivity index (χ0) is 23.8. The number of nitrogens with two attached hydrogens (primary N) is 1. The Bertz CT molecular complexity index is 1340. The van der Waals surface area contributed by atoms with Crippen LogP contribution in [0.3, 0.4) is 0 Å². The lowest BCUT2D eigenvalue weighted by Gasteiger charge is -2.10. The molecule has 0 aliphatic carbocycles. The monoisotopic (exact) mass is 455 g/mol. The summed E-state index contributed by atoms with van der Waals surface area (Å²) in [6, 6.07) is 14.3. The number of carbonyl (C=O) groups is 1. The number of alkyl halides is 3. The molecule has 0 saturated heterocycles. The molecule has 2 aromatic carbocycles. The largest absolute Gasteiger partial charge is 0.522 e. The number of nitrogens with one attached hydrogen (secondary N) is 2. The first-order valence-electron chi connectivity index (χ1n) is 9.42. The van der Waals surface area contributed by atoms with Crippen molar-refractivity contribution in [1.82, 2.24) is 30.0 Å². The van der Waals surface area contributed by atoms with Crippen LogP contribution >= 0.6 is 0 Å². The van der Waals surface area contributed by atoms with Crippen molar-refractivity contribution in [1.29, 1.82) is 5.41 Å². The molecule has 0 bridgehead atoms. The molecule has 0 saturated carbocycles. The Kier molecular flexibility index (Phi) is 5.37. The first kappa shape index (κ1) is 21.7. The van der Waals surface area contributed by atoms with Gasteiger partial charge in [-0.15, -0.1) is 23.4 Å². The number of anilines is 1. The fourth-order valence-corrected chi connectivity index (χ4v) is 3.00. The Morgan fingerprint density at radius 1 is 1.09 bits per heavy atom. The normalized spacial score (nSPS) is 11.4. The molecule has 33 heavy (non-hydrogen) atoms. The van der Waals surface area contributed by atoms with Crippen molar-refractivity contribution in [3.8, 4) is 17.1 Å². The van der Waals surface area contributed by atoms with Gasteiger partial charge in [0.15, 0.2) is 0 Å². The van der Waals surface area contributed by atoms with E-state index in [2.05, 4.69) is 25.8 Å². The van der Waals surface area contributed by atoms with E-state index in [0.29, 0.717) is 28.2 Å². The molecule has 168 valence electrons. The summed E-state index contributed by atoms with van der Waals surface area (Å²) in [4.78, 5) is 12.5. The lowest BCUT2D eigenvalue weighted by Crippen LogP contribution is -2.19. The smallest absolute Gasteiger partial charge is 0.384 e. The van der Waals surface area contributed by atoms with Gasteiger partial charge in [0.1, 0.15) is 11.5 Å². The van der Waals surface area contributed by atoms with Crippen LogP contribution in [0.25, 0.3) is 17.1 Å². The van der Waals surface area contributed by atoms with E-state index in [9.17, 15) is 18.0 Å². The molecule has 0 fully saturated rings. The molecule has 4 N–H and O–H groups in total. The fraction of sp³-hybridized carbons (Fsp3) is 0.100. The summed E-state index contributed by atoms with van der Waals surface area (Å²) in [5.74, 6) is -0.779. The van der Waals surface area contributed by atoms with Gasteiger partial charge >= 0.3 is 6.30 Å². The van der Waals surface area contributed by atoms with Gasteiger partial charge < -0.3 is 11.1 Å². The topological polar surface area (TPSA) is 140 Å². The van der Waals surface area contributed by atoms with Crippen LogP contribution in [0.4, 0.5) is 18.9 Å². The summed E-state index contributed by atoms with van der Waals surface area (Å²) in [6.07, 6.45) is -4.76. The number of nitrogen functional groups attached to an aromatic ring is 1. The molecule has 13 heteroatoms. The molecule has 2 aromatic heterocycles. The summed E-state index contributed by atoms with van der Waals surface area (Å²) >= 11 is 0. The minimum atomic E-state index is -4.76. The number of benzene rings is 2. The second kappa shape index (κ2) is 8.18. The van der Waals surface area contributed by atoms with Crippen LogP contribution < -0.4 is 11.1 Å². The van der Waals surface area contributed by atoms with Gasteiger partial charge in [-0.05, 0) is 54.6 Å². The van der Waals surface area contributed by atoms with Crippen LogP contribution in [0.15, 0.2) is 54.6 Å². The van der Waals surface area contributed by atoms with Crippen LogP contribution in [0.5, 0.6) is 0 Å². The summed E-state index contributed by atoms with van der Waals surface area (Å²) in [7, 11) is 0. The quantitative estimate of drug-likeness (QED) is 0.312. The highest BCUT2D eigenvalue weighted by Crippen LogP contribution is 2.23.